The highest BCUT2D eigenvalue weighted by Crippen LogP contribution is 2.36. The third-order valence-corrected chi connectivity index (χ3v) is 7.04. The lowest BCUT2D eigenvalue weighted by atomic mass is 10.1. The molecular formula is C22H24N4O2S2. The number of anilines is 2. The molecule has 4 rings (SSSR count). The van der Waals surface area contributed by atoms with E-state index in [-0.39, 0.29) is 11.9 Å². The minimum atomic E-state index is 0.0938. The van der Waals surface area contributed by atoms with E-state index in [9.17, 15) is 4.79 Å². The molecule has 0 saturated carbocycles. The van der Waals surface area contributed by atoms with Crippen LogP contribution in [0.3, 0.4) is 0 Å². The van der Waals surface area contributed by atoms with Gasteiger partial charge in [0.05, 0.1) is 23.1 Å². The molecule has 0 bridgehead atoms. The number of methoxy groups -OCH3 is 1. The largest absolute Gasteiger partial charge is 0.383 e. The second-order valence-electron chi connectivity index (χ2n) is 7.15. The van der Waals surface area contributed by atoms with E-state index in [0.717, 1.165) is 50.6 Å². The monoisotopic (exact) mass is 440 g/mol. The van der Waals surface area contributed by atoms with Crippen LogP contribution in [0, 0.1) is 6.92 Å². The molecule has 1 N–H and O–H groups in total. The molecule has 1 amide bonds. The van der Waals surface area contributed by atoms with Crippen molar-refractivity contribution in [1.82, 2.24) is 14.9 Å². The molecule has 3 heterocycles. The van der Waals surface area contributed by atoms with Crippen LogP contribution in [0.4, 0.5) is 10.9 Å². The minimum Gasteiger partial charge on any atom is -0.383 e. The molecule has 1 aliphatic rings. The first-order valence-electron chi connectivity index (χ1n) is 9.86. The summed E-state index contributed by atoms with van der Waals surface area (Å²) in [6.45, 7) is 3.37. The molecule has 156 valence electrons. The van der Waals surface area contributed by atoms with E-state index in [0.29, 0.717) is 6.61 Å². The number of rotatable bonds is 7. The predicted octanol–water partition coefficient (Wildman–Crippen LogP) is 4.99. The first kappa shape index (κ1) is 20.8. The highest BCUT2D eigenvalue weighted by molar-refractivity contribution is 8.01. The summed E-state index contributed by atoms with van der Waals surface area (Å²) in [6, 6.07) is 12.0. The summed E-state index contributed by atoms with van der Waals surface area (Å²) in [5, 5.41) is 4.00. The zero-order chi connectivity index (χ0) is 20.9. The van der Waals surface area contributed by atoms with Crippen LogP contribution in [-0.4, -0.2) is 47.1 Å². The van der Waals surface area contributed by atoms with Gasteiger partial charge in [-0.25, -0.2) is 9.97 Å². The number of nitrogens with zero attached hydrogens (tertiary/aromatic N) is 3. The number of carbonyl (C=O) groups excluding carboxylic acids is 1. The lowest BCUT2D eigenvalue weighted by Gasteiger charge is -2.25. The van der Waals surface area contributed by atoms with Crippen LogP contribution in [-0.2, 0) is 4.74 Å². The van der Waals surface area contributed by atoms with E-state index in [2.05, 4.69) is 21.4 Å². The topological polar surface area (TPSA) is 67.3 Å². The molecule has 1 atom stereocenters. The Balaban J connectivity index is 1.48. The summed E-state index contributed by atoms with van der Waals surface area (Å²) in [5.41, 5.74) is 1.76. The van der Waals surface area contributed by atoms with E-state index in [1.807, 2.05) is 48.4 Å². The molecule has 0 spiro atoms. The van der Waals surface area contributed by atoms with Crippen LogP contribution in [0.5, 0.6) is 0 Å². The van der Waals surface area contributed by atoms with Gasteiger partial charge in [0.15, 0.2) is 5.13 Å². The van der Waals surface area contributed by atoms with Crippen molar-refractivity contribution in [3.8, 4) is 0 Å². The third kappa shape index (κ3) is 4.83. The molecule has 1 fully saturated rings. The molecule has 8 heteroatoms. The fourth-order valence-corrected chi connectivity index (χ4v) is 5.44. The van der Waals surface area contributed by atoms with Gasteiger partial charge in [0.1, 0.15) is 5.82 Å². The van der Waals surface area contributed by atoms with Crippen molar-refractivity contribution in [2.24, 2.45) is 0 Å². The summed E-state index contributed by atoms with van der Waals surface area (Å²) in [4.78, 5) is 24.9. The van der Waals surface area contributed by atoms with Crippen molar-refractivity contribution >= 4 is 40.0 Å². The molecule has 1 aliphatic heterocycles. The molecule has 1 unspecified atom stereocenters. The number of hydrogen-bond acceptors (Lipinski definition) is 7. The van der Waals surface area contributed by atoms with Crippen LogP contribution >= 0.6 is 23.1 Å². The van der Waals surface area contributed by atoms with E-state index in [4.69, 9.17) is 4.74 Å². The number of aromatic nitrogens is 2. The van der Waals surface area contributed by atoms with Crippen molar-refractivity contribution in [3.63, 3.8) is 0 Å². The Morgan fingerprint density at radius 3 is 3.03 bits per heavy atom. The van der Waals surface area contributed by atoms with E-state index in [1.54, 1.807) is 36.4 Å². The predicted molar refractivity (Wildman–Crippen MR) is 121 cm³/mol. The van der Waals surface area contributed by atoms with Crippen LogP contribution in [0.2, 0.25) is 0 Å². The van der Waals surface area contributed by atoms with Crippen LogP contribution in [0.15, 0.2) is 57.9 Å². The number of hydrogen-bond donors (Lipinski definition) is 1. The third-order valence-electron chi connectivity index (χ3n) is 5.04. The first-order chi connectivity index (χ1) is 14.6. The van der Waals surface area contributed by atoms with Crippen molar-refractivity contribution in [3.05, 3.63) is 59.9 Å². The van der Waals surface area contributed by atoms with Crippen LogP contribution < -0.4 is 5.32 Å². The quantitative estimate of drug-likeness (QED) is 0.558. The number of thiazole rings is 1. The number of ether oxygens (including phenoxy) is 1. The number of nitrogens with one attached hydrogen (secondary N) is 1. The van der Waals surface area contributed by atoms with Crippen molar-refractivity contribution in [1.29, 1.82) is 0 Å². The molecule has 3 aromatic rings. The fraction of sp³-hybridized carbons (Fsp3) is 0.318. The smallest absolute Gasteiger partial charge is 0.254 e. The summed E-state index contributed by atoms with van der Waals surface area (Å²) >= 11 is 3.18. The van der Waals surface area contributed by atoms with Gasteiger partial charge < -0.3 is 15.0 Å². The second-order valence-corrected chi connectivity index (χ2v) is 9.56. The Hall–Kier alpha value is -2.42. The maximum atomic E-state index is 13.2. The summed E-state index contributed by atoms with van der Waals surface area (Å²) in [7, 11) is 1.69. The first-order valence-corrected chi connectivity index (χ1v) is 11.5. The number of amides is 1. The van der Waals surface area contributed by atoms with Crippen molar-refractivity contribution in [2.45, 2.75) is 34.9 Å². The van der Waals surface area contributed by atoms with Gasteiger partial charge in [0, 0.05) is 30.3 Å². The van der Waals surface area contributed by atoms with Gasteiger partial charge in [0.2, 0.25) is 0 Å². The zero-order valence-corrected chi connectivity index (χ0v) is 18.6. The minimum absolute atomic E-state index is 0.0938. The number of carbonyl (C=O) groups is 1. The zero-order valence-electron chi connectivity index (χ0n) is 17.0. The number of pyridine rings is 1. The highest BCUT2D eigenvalue weighted by atomic mass is 32.2. The fourth-order valence-electron chi connectivity index (χ4n) is 3.55. The maximum Gasteiger partial charge on any atom is 0.254 e. The molecule has 1 saturated heterocycles. The number of benzene rings is 1. The van der Waals surface area contributed by atoms with Gasteiger partial charge in [0.25, 0.3) is 5.91 Å². The Bertz CT molecular complexity index is 1010. The SMILES string of the molecule is COCC1CCCN1C(=O)c1cc(Sc2cnc(Nc3ccccn3)s2)ccc1C. The Labute approximate surface area is 184 Å². The number of likely N-dealkylation sites (tertiary alicyclic amines) is 1. The molecule has 0 radical (unpaired) electrons. The van der Waals surface area contributed by atoms with Crippen molar-refractivity contribution in [2.75, 3.05) is 25.6 Å². The maximum absolute atomic E-state index is 13.2. The summed E-state index contributed by atoms with van der Waals surface area (Å²) < 4.78 is 6.36. The molecule has 2 aromatic heterocycles. The second kappa shape index (κ2) is 9.59. The highest BCUT2D eigenvalue weighted by Gasteiger charge is 2.30. The Kier molecular flexibility index (Phi) is 6.66. The lowest BCUT2D eigenvalue weighted by Crippen LogP contribution is -2.38. The van der Waals surface area contributed by atoms with Gasteiger partial charge in [-0.3, -0.25) is 4.79 Å². The number of aryl methyl sites for hydroxylation is 1. The van der Waals surface area contributed by atoms with Crippen LogP contribution in [0.1, 0.15) is 28.8 Å². The average Bonchev–Trinajstić information content (AvgIpc) is 3.39. The van der Waals surface area contributed by atoms with Gasteiger partial charge in [-0.1, -0.05) is 35.2 Å². The molecule has 1 aromatic carbocycles. The molecule has 0 aliphatic carbocycles. The standard InChI is InChI=1S/C22H24N4O2S2/c1-15-8-9-17(12-18(15)21(27)26-11-5-6-16(26)14-28-2)29-20-13-24-22(30-20)25-19-7-3-4-10-23-19/h3-4,7-10,12-13,16H,5-6,11,14H2,1-2H3,(H,23,24,25). The Morgan fingerprint density at radius 2 is 2.23 bits per heavy atom. The summed E-state index contributed by atoms with van der Waals surface area (Å²) in [6.07, 6.45) is 5.62. The van der Waals surface area contributed by atoms with E-state index in [1.165, 1.54) is 0 Å². The van der Waals surface area contributed by atoms with Crippen molar-refractivity contribution < 1.29 is 9.53 Å². The van der Waals surface area contributed by atoms with Crippen LogP contribution in [0.25, 0.3) is 0 Å². The molecular weight excluding hydrogens is 416 g/mol. The lowest BCUT2D eigenvalue weighted by molar-refractivity contribution is 0.0629. The normalized spacial score (nSPS) is 16.1. The molecule has 30 heavy (non-hydrogen) atoms. The average molecular weight is 441 g/mol. The molecule has 6 nitrogen and oxygen atoms in total. The summed E-state index contributed by atoms with van der Waals surface area (Å²) in [5.74, 6) is 0.860. The Morgan fingerprint density at radius 1 is 1.33 bits per heavy atom. The van der Waals surface area contributed by atoms with Gasteiger partial charge in [-0.2, -0.15) is 0 Å². The van der Waals surface area contributed by atoms with Gasteiger partial charge in [-0.15, -0.1) is 0 Å². The van der Waals surface area contributed by atoms with Gasteiger partial charge in [-0.05, 0) is 49.6 Å². The van der Waals surface area contributed by atoms with Gasteiger partial charge >= 0.3 is 0 Å². The van der Waals surface area contributed by atoms with E-state index >= 15 is 0 Å². The van der Waals surface area contributed by atoms with E-state index < -0.39 is 0 Å².